The summed E-state index contributed by atoms with van der Waals surface area (Å²) in [5, 5.41) is 0. The fraction of sp³-hybridized carbons (Fsp3) is 0.348. The highest BCUT2D eigenvalue weighted by Gasteiger charge is 2.76. The Balaban J connectivity index is 1.31. The average molecular weight is 417 g/mol. The standard InChI is InChI=1S/C23H20FN5O2/c1-13-10-27-22(28-11-13)31-17-9-23-8-14(23)12-29(19(17)23)21(30)15-4-2-5-16(24)18(15)20-25-6-3-7-26-20/h2-7,10-11,14,17,19H,8-9,12H2,1H3. The number of ether oxygens (including phenoxy) is 1. The van der Waals surface area contributed by atoms with Crippen molar-refractivity contribution in [2.75, 3.05) is 6.54 Å². The van der Waals surface area contributed by atoms with Crippen LogP contribution in [0.1, 0.15) is 28.8 Å². The van der Waals surface area contributed by atoms with E-state index in [-0.39, 0.29) is 40.4 Å². The molecule has 7 nitrogen and oxygen atoms in total. The Bertz CT molecular complexity index is 1170. The Hall–Kier alpha value is -3.42. The molecule has 2 aliphatic carbocycles. The summed E-state index contributed by atoms with van der Waals surface area (Å²) in [6.45, 7) is 2.57. The first-order valence-corrected chi connectivity index (χ1v) is 10.4. The van der Waals surface area contributed by atoms with Crippen molar-refractivity contribution in [3.63, 3.8) is 0 Å². The summed E-state index contributed by atoms with van der Waals surface area (Å²) in [5.74, 6) is -0.0371. The van der Waals surface area contributed by atoms with Gasteiger partial charge in [-0.25, -0.2) is 24.3 Å². The minimum Gasteiger partial charge on any atom is -0.458 e. The van der Waals surface area contributed by atoms with Crippen molar-refractivity contribution in [2.24, 2.45) is 11.3 Å². The molecule has 31 heavy (non-hydrogen) atoms. The third-order valence-electron chi connectivity index (χ3n) is 6.86. The van der Waals surface area contributed by atoms with Gasteiger partial charge in [-0.1, -0.05) is 6.07 Å². The van der Waals surface area contributed by atoms with Crippen LogP contribution in [0.5, 0.6) is 6.01 Å². The summed E-state index contributed by atoms with van der Waals surface area (Å²) in [6.07, 6.45) is 8.35. The Morgan fingerprint density at radius 3 is 2.68 bits per heavy atom. The van der Waals surface area contributed by atoms with E-state index in [0.717, 1.165) is 18.4 Å². The van der Waals surface area contributed by atoms with E-state index in [1.807, 2.05) is 11.8 Å². The molecule has 156 valence electrons. The third-order valence-corrected chi connectivity index (χ3v) is 6.86. The van der Waals surface area contributed by atoms with Crippen LogP contribution in [0.25, 0.3) is 11.4 Å². The number of nitrogens with zero attached hydrogens (tertiary/aromatic N) is 5. The molecular formula is C23H20FN5O2. The van der Waals surface area contributed by atoms with E-state index in [9.17, 15) is 9.18 Å². The fourth-order valence-corrected chi connectivity index (χ4v) is 5.34. The lowest BCUT2D eigenvalue weighted by Crippen LogP contribution is -2.59. The normalized spacial score (nSPS) is 27.8. The Kier molecular flexibility index (Phi) is 3.87. The second kappa shape index (κ2) is 6.54. The lowest BCUT2D eigenvalue weighted by molar-refractivity contribution is -0.0367. The maximum Gasteiger partial charge on any atom is 0.316 e. The number of halogens is 1. The van der Waals surface area contributed by atoms with Crippen molar-refractivity contribution in [3.05, 3.63) is 66.0 Å². The highest BCUT2D eigenvalue weighted by Crippen LogP contribution is 2.71. The van der Waals surface area contributed by atoms with Crippen LogP contribution in [0, 0.1) is 24.1 Å². The molecule has 1 saturated heterocycles. The van der Waals surface area contributed by atoms with Gasteiger partial charge in [-0.05, 0) is 49.4 Å². The number of rotatable bonds is 4. The minimum atomic E-state index is -0.509. The van der Waals surface area contributed by atoms with E-state index in [1.54, 1.807) is 43.0 Å². The van der Waals surface area contributed by atoms with Gasteiger partial charge in [0.25, 0.3) is 5.91 Å². The van der Waals surface area contributed by atoms with Gasteiger partial charge in [0.2, 0.25) is 0 Å². The van der Waals surface area contributed by atoms with Crippen molar-refractivity contribution < 1.29 is 13.9 Å². The Labute approximate surface area is 178 Å². The van der Waals surface area contributed by atoms with Crippen LogP contribution in [0.3, 0.4) is 0 Å². The molecule has 4 atom stereocenters. The van der Waals surface area contributed by atoms with E-state index >= 15 is 0 Å². The zero-order chi connectivity index (χ0) is 21.2. The van der Waals surface area contributed by atoms with Gasteiger partial charge in [-0.2, -0.15) is 0 Å². The SMILES string of the molecule is Cc1cnc(OC2CC34CC3CN(C(=O)c3cccc(F)c3-c3ncccn3)C24)nc1. The molecule has 4 unspecified atom stereocenters. The van der Waals surface area contributed by atoms with E-state index in [0.29, 0.717) is 18.5 Å². The molecule has 1 spiro atoms. The summed E-state index contributed by atoms with van der Waals surface area (Å²) in [6, 6.07) is 6.46. The quantitative estimate of drug-likeness (QED) is 0.649. The van der Waals surface area contributed by atoms with Gasteiger partial charge < -0.3 is 9.64 Å². The number of piperidine rings is 1. The summed E-state index contributed by atoms with van der Waals surface area (Å²) < 4.78 is 20.8. The van der Waals surface area contributed by atoms with Crippen molar-refractivity contribution in [2.45, 2.75) is 31.9 Å². The zero-order valence-electron chi connectivity index (χ0n) is 16.9. The second-order valence-electron chi connectivity index (χ2n) is 8.67. The lowest BCUT2D eigenvalue weighted by Gasteiger charge is -2.46. The van der Waals surface area contributed by atoms with Gasteiger partial charge in [0.15, 0.2) is 5.82 Å². The maximum absolute atomic E-state index is 14.8. The van der Waals surface area contributed by atoms with Crippen LogP contribution in [-0.4, -0.2) is 49.4 Å². The fourth-order valence-electron chi connectivity index (χ4n) is 5.34. The zero-order valence-corrected chi connectivity index (χ0v) is 16.9. The molecule has 3 aliphatic rings. The first-order valence-electron chi connectivity index (χ1n) is 10.4. The first kappa shape index (κ1) is 18.4. The highest BCUT2D eigenvalue weighted by atomic mass is 19.1. The van der Waals surface area contributed by atoms with Crippen LogP contribution in [0.4, 0.5) is 4.39 Å². The number of benzene rings is 1. The molecule has 1 aliphatic heterocycles. The number of hydrogen-bond donors (Lipinski definition) is 0. The van der Waals surface area contributed by atoms with Gasteiger partial charge in [0, 0.05) is 36.7 Å². The number of carbonyl (C=O) groups is 1. The number of aryl methyl sites for hydroxylation is 1. The summed E-state index contributed by atoms with van der Waals surface area (Å²) in [7, 11) is 0. The van der Waals surface area contributed by atoms with Gasteiger partial charge in [-0.3, -0.25) is 4.79 Å². The summed E-state index contributed by atoms with van der Waals surface area (Å²) >= 11 is 0. The van der Waals surface area contributed by atoms with Crippen LogP contribution in [0.2, 0.25) is 0 Å². The third kappa shape index (κ3) is 2.74. The molecule has 3 heterocycles. The number of carbonyl (C=O) groups excluding carboxylic acids is 1. The van der Waals surface area contributed by atoms with Crippen LogP contribution < -0.4 is 4.74 Å². The first-order chi connectivity index (χ1) is 15.1. The molecule has 0 bridgehead atoms. The van der Waals surface area contributed by atoms with Crippen LogP contribution in [-0.2, 0) is 0 Å². The molecule has 6 rings (SSSR count). The number of aromatic nitrogens is 4. The maximum atomic E-state index is 14.8. The molecular weight excluding hydrogens is 397 g/mol. The average Bonchev–Trinajstić information content (AvgIpc) is 3.43. The predicted molar refractivity (Wildman–Crippen MR) is 109 cm³/mol. The Morgan fingerprint density at radius 2 is 1.90 bits per heavy atom. The number of likely N-dealkylation sites (tertiary alicyclic amines) is 1. The van der Waals surface area contributed by atoms with Crippen molar-refractivity contribution >= 4 is 5.91 Å². The Morgan fingerprint density at radius 1 is 1.13 bits per heavy atom. The van der Waals surface area contributed by atoms with Crippen molar-refractivity contribution in [1.29, 1.82) is 0 Å². The van der Waals surface area contributed by atoms with E-state index in [2.05, 4.69) is 19.9 Å². The van der Waals surface area contributed by atoms with Crippen LogP contribution >= 0.6 is 0 Å². The second-order valence-corrected chi connectivity index (χ2v) is 8.67. The molecule has 0 N–H and O–H groups in total. The molecule has 1 aromatic carbocycles. The summed E-state index contributed by atoms with van der Waals surface area (Å²) in [4.78, 5) is 32.3. The summed E-state index contributed by atoms with van der Waals surface area (Å²) in [5.41, 5.74) is 1.50. The lowest BCUT2D eigenvalue weighted by atomic mass is 9.73. The van der Waals surface area contributed by atoms with E-state index in [1.165, 1.54) is 6.07 Å². The highest BCUT2D eigenvalue weighted by molar-refractivity contribution is 6.01. The van der Waals surface area contributed by atoms with E-state index < -0.39 is 5.82 Å². The number of hydrogen-bond acceptors (Lipinski definition) is 6. The minimum absolute atomic E-state index is 0.0530. The van der Waals surface area contributed by atoms with E-state index in [4.69, 9.17) is 4.74 Å². The smallest absolute Gasteiger partial charge is 0.316 e. The predicted octanol–water partition coefficient (Wildman–Crippen LogP) is 3.06. The van der Waals surface area contributed by atoms with Crippen LogP contribution in [0.15, 0.2) is 49.1 Å². The molecule has 2 aromatic heterocycles. The molecule has 2 saturated carbocycles. The number of amides is 1. The van der Waals surface area contributed by atoms with Gasteiger partial charge in [-0.15, -0.1) is 0 Å². The monoisotopic (exact) mass is 417 g/mol. The molecule has 8 heteroatoms. The van der Waals surface area contributed by atoms with Gasteiger partial charge in [0.1, 0.15) is 11.9 Å². The topological polar surface area (TPSA) is 81.1 Å². The molecule has 1 amide bonds. The molecule has 0 radical (unpaired) electrons. The van der Waals surface area contributed by atoms with Gasteiger partial charge >= 0.3 is 6.01 Å². The largest absolute Gasteiger partial charge is 0.458 e. The van der Waals surface area contributed by atoms with Crippen molar-refractivity contribution in [1.82, 2.24) is 24.8 Å². The van der Waals surface area contributed by atoms with Gasteiger partial charge in [0.05, 0.1) is 17.2 Å². The molecule has 3 fully saturated rings. The van der Waals surface area contributed by atoms with Crippen molar-refractivity contribution in [3.8, 4) is 17.4 Å². The molecule has 3 aromatic rings.